The number of hydrogen-bond acceptors (Lipinski definition) is 24. The second kappa shape index (κ2) is 34.8. The second-order valence-corrected chi connectivity index (χ2v) is 22.9. The molecule has 1 aliphatic carbocycles. The van der Waals surface area contributed by atoms with Gasteiger partial charge in [0.2, 0.25) is 0 Å². The van der Waals surface area contributed by atoms with Gasteiger partial charge in [-0.15, -0.1) is 0 Å². The van der Waals surface area contributed by atoms with Crippen molar-refractivity contribution in [3.8, 4) is 0 Å². The van der Waals surface area contributed by atoms with E-state index in [4.69, 9.17) is 52.1 Å². The Morgan fingerprint density at radius 2 is 0.989 bits per heavy atom. The Balaban J connectivity index is 0.0000109. The van der Waals surface area contributed by atoms with Gasteiger partial charge in [-0.25, -0.2) is 19.2 Å². The zero-order chi connectivity index (χ0) is 64.4. The molecule has 5 fully saturated rings. The van der Waals surface area contributed by atoms with Crippen LogP contribution >= 0.6 is 0 Å². The summed E-state index contributed by atoms with van der Waals surface area (Å²) >= 11 is 0. The molecule has 0 bridgehead atoms. The molecule has 4 amide bonds. The molecule has 0 aromatic heterocycles. The maximum absolute atomic E-state index is 13.9. The van der Waals surface area contributed by atoms with Crippen LogP contribution in [0, 0.1) is 11.8 Å². The van der Waals surface area contributed by atoms with E-state index in [1.807, 2.05) is 12.1 Å². The SMILES string of the molecule is C.C[C@H]1C[C@@H](CC(=O)[C@@H](O)CCNC(=O)OCc2ccccc2)[C@H](O)[C@@H](O[C@@H]2O[C@H](CO)[C@@H](O[C@H]3O[C@@H](CNC(=O)OCc4ccccc4)[C@@H](O)[C@H](O)[C@H]3NC(=O)OCc3ccccc3)[C@H]2O)[C@@H]1O[C@H]1O[C@H](CNCCO)[C@@H]2O[C@@H]2[C@H]1NC(=O)OCc1ccccc1. The van der Waals surface area contributed by atoms with Crippen LogP contribution in [0.5, 0.6) is 0 Å². The lowest BCUT2D eigenvalue weighted by Crippen LogP contribution is -2.66. The molecule has 4 aliphatic heterocycles. The minimum Gasteiger partial charge on any atom is -0.445 e. The zero-order valence-electron chi connectivity index (χ0n) is 49.9. The van der Waals surface area contributed by atoms with Crippen molar-refractivity contribution in [2.45, 2.75) is 170 Å². The Kier molecular flexibility index (Phi) is 26.8. The fourth-order valence-corrected chi connectivity index (χ4v) is 11.4. The third-order valence-corrected chi connectivity index (χ3v) is 16.3. The number of aliphatic hydroxyl groups is 7. The van der Waals surface area contributed by atoms with Gasteiger partial charge in [0.1, 0.15) is 106 Å². The van der Waals surface area contributed by atoms with Crippen LogP contribution in [0.1, 0.15) is 55.9 Å². The van der Waals surface area contributed by atoms with Crippen LogP contribution in [0.4, 0.5) is 19.2 Å². The van der Waals surface area contributed by atoms with Crippen LogP contribution in [0.2, 0.25) is 0 Å². The summed E-state index contributed by atoms with van der Waals surface area (Å²) in [6.07, 6.45) is -27.3. The van der Waals surface area contributed by atoms with Crippen LogP contribution in [-0.4, -0.2) is 216 Å². The highest BCUT2D eigenvalue weighted by Crippen LogP contribution is 2.43. The molecule has 28 heteroatoms. The molecule has 5 aliphatic rings. The van der Waals surface area contributed by atoms with E-state index in [9.17, 15) is 59.7 Å². The number of Topliss-reactive ketones (excluding diaryl/α,β-unsaturated/α-hetero) is 1. The first-order chi connectivity index (χ1) is 44.1. The first-order valence-electron chi connectivity index (χ1n) is 30.3. The lowest BCUT2D eigenvalue weighted by molar-refractivity contribution is -0.297. The minimum atomic E-state index is -1.92. The van der Waals surface area contributed by atoms with Gasteiger partial charge in [0.05, 0.1) is 25.4 Å². The molecule has 0 unspecified atom stereocenters. The van der Waals surface area contributed by atoms with Gasteiger partial charge in [0.25, 0.3) is 0 Å². The van der Waals surface area contributed by atoms with Crippen molar-refractivity contribution in [1.29, 1.82) is 0 Å². The summed E-state index contributed by atoms with van der Waals surface area (Å²) in [5.41, 5.74) is 2.76. The summed E-state index contributed by atoms with van der Waals surface area (Å²) in [5.74, 6) is -2.32. The summed E-state index contributed by atoms with van der Waals surface area (Å²) in [4.78, 5) is 66.2. The molecular formula is C64H85N5O23. The maximum atomic E-state index is 13.9. The Hall–Kier alpha value is -6.97. The van der Waals surface area contributed by atoms with Gasteiger partial charge in [-0.3, -0.25) is 4.79 Å². The van der Waals surface area contributed by atoms with E-state index < -0.39 is 172 Å². The monoisotopic (exact) mass is 1290 g/mol. The predicted molar refractivity (Wildman–Crippen MR) is 321 cm³/mol. The molecule has 92 heavy (non-hydrogen) atoms. The van der Waals surface area contributed by atoms with Crippen molar-refractivity contribution < 1.29 is 112 Å². The first kappa shape index (κ1) is 70.9. The minimum absolute atomic E-state index is 0. The van der Waals surface area contributed by atoms with Gasteiger partial charge in [-0.2, -0.15) is 0 Å². The van der Waals surface area contributed by atoms with E-state index >= 15 is 0 Å². The third kappa shape index (κ3) is 19.6. The summed E-state index contributed by atoms with van der Waals surface area (Å²) in [7, 11) is 0. The van der Waals surface area contributed by atoms with Gasteiger partial charge in [-0.1, -0.05) is 136 Å². The number of carbonyl (C=O) groups excluding carboxylic acids is 5. The number of ether oxygens (including phenoxy) is 11. The molecule has 9 rings (SSSR count). The Labute approximate surface area is 532 Å². The summed E-state index contributed by atoms with van der Waals surface area (Å²) < 4.78 is 66.2. The van der Waals surface area contributed by atoms with Gasteiger partial charge in [0, 0.05) is 32.6 Å². The number of hydrogen-bond donors (Lipinski definition) is 12. The fraction of sp³-hybridized carbons (Fsp3) is 0.547. The van der Waals surface area contributed by atoms with E-state index in [-0.39, 0.29) is 72.9 Å². The van der Waals surface area contributed by atoms with Gasteiger partial charge < -0.3 is 114 Å². The Morgan fingerprint density at radius 3 is 1.53 bits per heavy atom. The number of fused-ring (bicyclic) bond motifs is 1. The fourth-order valence-electron chi connectivity index (χ4n) is 11.4. The second-order valence-electron chi connectivity index (χ2n) is 22.9. The van der Waals surface area contributed by atoms with E-state index in [1.54, 1.807) is 116 Å². The Bertz CT molecular complexity index is 2910. The van der Waals surface area contributed by atoms with Crippen molar-refractivity contribution in [2.75, 3.05) is 39.4 Å². The number of ketones is 1. The molecule has 1 saturated carbocycles. The normalized spacial score (nSPS) is 30.8. The molecule has 28 nitrogen and oxygen atoms in total. The first-order valence-corrected chi connectivity index (χ1v) is 30.3. The molecule has 0 radical (unpaired) electrons. The number of rotatable bonds is 29. The standard InChI is InChI=1S/C63H81N5O23.CH4/c1-35-26-40(27-42(72)41(71)22-23-65-60(77)81-31-36-14-6-2-7-15-36)48(73)56(52(35)89-58-47(55-54(88-55)44(86-58)28-64-24-25-69)68-63(80)84-34-39-20-12-5-13-21-39)91-59-51(76)53(45(30-70)87-59)90-57-46(67-62(79)83-33-38-18-10-4-11-19-38)50(75)49(74)43(85-57)29-66-61(78)82-32-37-16-8-3-9-17-37;/h2-21,35,40-41,43-59,64,69-71,73-76H,22-34H2,1H3,(H,65,77)(H,66,78)(H,67,79)(H,68,80);1H4/t35-,40-,41-,43-,44+,45+,46+,47+,48-,49+,50+,51+,52+,53+,54-,55+,56+,57+,58+,59-;/m0./s1. The molecule has 12 N–H and O–H groups in total. The number of aliphatic hydroxyl groups excluding tert-OH is 7. The largest absolute Gasteiger partial charge is 0.445 e. The zero-order valence-corrected chi connectivity index (χ0v) is 49.9. The van der Waals surface area contributed by atoms with Crippen LogP contribution in [0.3, 0.4) is 0 Å². The third-order valence-electron chi connectivity index (χ3n) is 16.3. The highest BCUT2D eigenvalue weighted by molar-refractivity contribution is 5.83. The van der Waals surface area contributed by atoms with Crippen LogP contribution in [0.15, 0.2) is 121 Å². The van der Waals surface area contributed by atoms with E-state index in [0.717, 1.165) is 5.56 Å². The van der Waals surface area contributed by atoms with Crippen molar-refractivity contribution in [3.63, 3.8) is 0 Å². The lowest BCUT2D eigenvalue weighted by atomic mass is 9.74. The number of epoxide rings is 1. The highest BCUT2D eigenvalue weighted by atomic mass is 16.8. The summed E-state index contributed by atoms with van der Waals surface area (Å²) in [6.45, 7) is 0.0926. The molecule has 4 aromatic carbocycles. The molecule has 4 saturated heterocycles. The van der Waals surface area contributed by atoms with Gasteiger partial charge in [-0.05, 0) is 46.9 Å². The van der Waals surface area contributed by atoms with Crippen molar-refractivity contribution in [2.24, 2.45) is 11.8 Å². The number of benzene rings is 4. The summed E-state index contributed by atoms with van der Waals surface area (Å²) in [6, 6.07) is 32.7. The van der Waals surface area contributed by atoms with E-state index in [2.05, 4.69) is 26.6 Å². The maximum Gasteiger partial charge on any atom is 0.407 e. The Morgan fingerprint density at radius 1 is 0.511 bits per heavy atom. The van der Waals surface area contributed by atoms with Crippen LogP contribution < -0.4 is 26.6 Å². The van der Waals surface area contributed by atoms with Crippen molar-refractivity contribution in [3.05, 3.63) is 144 Å². The summed E-state index contributed by atoms with van der Waals surface area (Å²) in [5, 5.41) is 92.9. The highest BCUT2D eigenvalue weighted by Gasteiger charge is 2.61. The smallest absolute Gasteiger partial charge is 0.407 e. The molecule has 20 atom stereocenters. The van der Waals surface area contributed by atoms with Crippen LogP contribution in [-0.2, 0) is 83.3 Å². The molecule has 4 aromatic rings. The lowest BCUT2D eigenvalue weighted by Gasteiger charge is -2.46. The number of alkyl carbamates (subject to hydrolysis) is 4. The molecular weight excluding hydrogens is 1210 g/mol. The van der Waals surface area contributed by atoms with Gasteiger partial charge in [0.15, 0.2) is 24.7 Å². The number of nitrogens with one attached hydrogen (secondary N) is 5. The van der Waals surface area contributed by atoms with E-state index in [1.165, 1.54) is 0 Å². The van der Waals surface area contributed by atoms with Crippen LogP contribution in [0.25, 0.3) is 0 Å². The average Bonchev–Trinajstić information content (AvgIpc) is 1.57. The van der Waals surface area contributed by atoms with Gasteiger partial charge >= 0.3 is 24.4 Å². The topological polar surface area (TPSA) is 392 Å². The number of amides is 4. The number of carbonyl (C=O) groups is 5. The van der Waals surface area contributed by atoms with Crippen molar-refractivity contribution >= 4 is 30.2 Å². The molecule has 4 heterocycles. The molecule has 0 spiro atoms. The van der Waals surface area contributed by atoms with Crippen molar-refractivity contribution in [1.82, 2.24) is 26.6 Å². The quantitative estimate of drug-likeness (QED) is 0.0208. The average molecular weight is 1290 g/mol. The van der Waals surface area contributed by atoms with E-state index in [0.29, 0.717) is 16.7 Å². The predicted octanol–water partition coefficient (Wildman–Crippen LogP) is 1.55. The molecule has 504 valence electrons.